The van der Waals surface area contributed by atoms with Crippen LogP contribution in [0.3, 0.4) is 0 Å². The lowest BCUT2D eigenvalue weighted by Gasteiger charge is -2.21. The van der Waals surface area contributed by atoms with Crippen molar-refractivity contribution < 1.29 is 0 Å². The molecule has 0 saturated carbocycles. The normalized spacial score (nSPS) is 13.9. The first-order valence-electron chi connectivity index (χ1n) is 5.01. The minimum atomic E-state index is 0.440. The van der Waals surface area contributed by atoms with Crippen LogP contribution in [0.5, 0.6) is 0 Å². The molecule has 0 amide bonds. The van der Waals surface area contributed by atoms with Gasteiger partial charge in [0.2, 0.25) is 0 Å². The Morgan fingerprint density at radius 2 is 1.45 bits per heavy atom. The highest BCUT2D eigenvalue weighted by Crippen LogP contribution is 2.17. The maximum atomic E-state index is 5.99. The fraction of sp³-hybridized carbons (Fsp3) is 1.00. The average molecular weight is 157 g/mol. The van der Waals surface area contributed by atoms with Gasteiger partial charge in [0.25, 0.3) is 0 Å². The molecule has 1 atom stereocenters. The van der Waals surface area contributed by atoms with Crippen LogP contribution in [0.25, 0.3) is 0 Å². The predicted octanol–water partition coefficient (Wildman–Crippen LogP) is 2.94. The lowest BCUT2D eigenvalue weighted by molar-refractivity contribution is 0.355. The summed E-state index contributed by atoms with van der Waals surface area (Å²) in [5.41, 5.74) is 5.99. The fourth-order valence-corrected chi connectivity index (χ4v) is 1.65. The van der Waals surface area contributed by atoms with Crippen molar-refractivity contribution in [2.75, 3.05) is 0 Å². The maximum absolute atomic E-state index is 5.99. The SMILES string of the molecule is CCCC(CCC)[C@@H](N)CC. The van der Waals surface area contributed by atoms with Crippen molar-refractivity contribution in [2.24, 2.45) is 11.7 Å². The van der Waals surface area contributed by atoms with E-state index in [1.54, 1.807) is 0 Å². The van der Waals surface area contributed by atoms with Crippen molar-refractivity contribution in [1.82, 2.24) is 0 Å². The summed E-state index contributed by atoms with van der Waals surface area (Å²) in [7, 11) is 0. The molecule has 0 aliphatic heterocycles. The van der Waals surface area contributed by atoms with E-state index in [-0.39, 0.29) is 0 Å². The third-order valence-electron chi connectivity index (χ3n) is 2.40. The van der Waals surface area contributed by atoms with E-state index in [2.05, 4.69) is 20.8 Å². The molecule has 0 aromatic carbocycles. The topological polar surface area (TPSA) is 26.0 Å². The van der Waals surface area contributed by atoms with E-state index >= 15 is 0 Å². The first-order valence-corrected chi connectivity index (χ1v) is 5.01. The van der Waals surface area contributed by atoms with Gasteiger partial charge in [-0.3, -0.25) is 0 Å². The van der Waals surface area contributed by atoms with Crippen LogP contribution in [0.15, 0.2) is 0 Å². The average Bonchev–Trinajstić information content (AvgIpc) is 2.03. The fourth-order valence-electron chi connectivity index (χ4n) is 1.65. The Hall–Kier alpha value is -0.0400. The van der Waals surface area contributed by atoms with Crippen LogP contribution in [-0.4, -0.2) is 6.04 Å². The molecule has 0 aliphatic carbocycles. The van der Waals surface area contributed by atoms with E-state index in [1.165, 1.54) is 25.7 Å². The molecule has 68 valence electrons. The summed E-state index contributed by atoms with van der Waals surface area (Å²) in [6.07, 6.45) is 6.30. The predicted molar refractivity (Wildman–Crippen MR) is 51.6 cm³/mol. The highest BCUT2D eigenvalue weighted by atomic mass is 14.6. The second kappa shape index (κ2) is 6.66. The smallest absolute Gasteiger partial charge is 0.00645 e. The van der Waals surface area contributed by atoms with E-state index in [0.29, 0.717) is 6.04 Å². The Morgan fingerprint density at radius 3 is 1.73 bits per heavy atom. The largest absolute Gasteiger partial charge is 0.327 e. The molecule has 0 radical (unpaired) electrons. The lowest BCUT2D eigenvalue weighted by Crippen LogP contribution is -2.29. The van der Waals surface area contributed by atoms with Gasteiger partial charge in [-0.2, -0.15) is 0 Å². The van der Waals surface area contributed by atoms with Crippen LogP contribution in [0.2, 0.25) is 0 Å². The zero-order chi connectivity index (χ0) is 8.69. The van der Waals surface area contributed by atoms with Gasteiger partial charge < -0.3 is 5.73 Å². The Balaban J connectivity index is 3.66. The van der Waals surface area contributed by atoms with Gasteiger partial charge in [-0.15, -0.1) is 0 Å². The van der Waals surface area contributed by atoms with Crippen LogP contribution >= 0.6 is 0 Å². The van der Waals surface area contributed by atoms with Crippen molar-refractivity contribution in [3.05, 3.63) is 0 Å². The molecule has 0 bridgehead atoms. The second-order valence-corrected chi connectivity index (χ2v) is 3.41. The van der Waals surface area contributed by atoms with E-state index in [4.69, 9.17) is 5.73 Å². The van der Waals surface area contributed by atoms with E-state index in [9.17, 15) is 0 Å². The van der Waals surface area contributed by atoms with Crippen LogP contribution in [-0.2, 0) is 0 Å². The quantitative estimate of drug-likeness (QED) is 0.630. The number of rotatable bonds is 6. The molecule has 0 heterocycles. The van der Waals surface area contributed by atoms with Crippen molar-refractivity contribution in [1.29, 1.82) is 0 Å². The molecule has 0 rings (SSSR count). The van der Waals surface area contributed by atoms with Crippen LogP contribution in [0.4, 0.5) is 0 Å². The van der Waals surface area contributed by atoms with Gasteiger partial charge >= 0.3 is 0 Å². The van der Waals surface area contributed by atoms with Gasteiger partial charge in [-0.1, -0.05) is 33.6 Å². The summed E-state index contributed by atoms with van der Waals surface area (Å²) in [4.78, 5) is 0. The monoisotopic (exact) mass is 157 g/mol. The van der Waals surface area contributed by atoms with Crippen molar-refractivity contribution in [2.45, 2.75) is 58.9 Å². The molecule has 1 heteroatoms. The first kappa shape index (κ1) is 11.0. The molecular weight excluding hydrogens is 134 g/mol. The molecule has 11 heavy (non-hydrogen) atoms. The summed E-state index contributed by atoms with van der Waals surface area (Å²) in [5, 5.41) is 0. The molecule has 2 N–H and O–H groups in total. The van der Waals surface area contributed by atoms with Crippen molar-refractivity contribution in [3.8, 4) is 0 Å². The standard InChI is InChI=1S/C10H23N/c1-4-7-9(8-5-2)10(11)6-3/h9-10H,4-8,11H2,1-3H3/t10-/m0/s1. The molecular formula is C10H23N. The molecule has 0 saturated heterocycles. The minimum absolute atomic E-state index is 0.440. The van der Waals surface area contributed by atoms with Gasteiger partial charge in [0.15, 0.2) is 0 Å². The van der Waals surface area contributed by atoms with Crippen molar-refractivity contribution >= 4 is 0 Å². The van der Waals surface area contributed by atoms with Gasteiger partial charge in [0.05, 0.1) is 0 Å². The number of hydrogen-bond donors (Lipinski definition) is 1. The highest BCUT2D eigenvalue weighted by Gasteiger charge is 2.13. The summed E-state index contributed by atoms with van der Waals surface area (Å²) in [6.45, 7) is 6.67. The molecule has 0 spiro atoms. The summed E-state index contributed by atoms with van der Waals surface area (Å²) >= 11 is 0. The summed E-state index contributed by atoms with van der Waals surface area (Å²) in [5.74, 6) is 0.773. The summed E-state index contributed by atoms with van der Waals surface area (Å²) < 4.78 is 0. The molecule has 0 aromatic heterocycles. The second-order valence-electron chi connectivity index (χ2n) is 3.41. The van der Waals surface area contributed by atoms with Gasteiger partial charge in [0.1, 0.15) is 0 Å². The number of nitrogens with two attached hydrogens (primary N) is 1. The third kappa shape index (κ3) is 4.41. The van der Waals surface area contributed by atoms with Gasteiger partial charge in [0, 0.05) is 6.04 Å². The Kier molecular flexibility index (Phi) is 6.63. The molecule has 0 fully saturated rings. The maximum Gasteiger partial charge on any atom is 0.00645 e. The molecule has 0 aromatic rings. The Bertz CT molecular complexity index is 74.9. The van der Waals surface area contributed by atoms with Crippen LogP contribution in [0.1, 0.15) is 52.9 Å². The zero-order valence-corrected chi connectivity index (χ0v) is 8.27. The molecule has 0 aliphatic rings. The Labute approximate surface area is 71.4 Å². The van der Waals surface area contributed by atoms with E-state index in [0.717, 1.165) is 12.3 Å². The van der Waals surface area contributed by atoms with Gasteiger partial charge in [-0.05, 0) is 25.2 Å². The van der Waals surface area contributed by atoms with E-state index in [1.807, 2.05) is 0 Å². The zero-order valence-electron chi connectivity index (χ0n) is 8.27. The van der Waals surface area contributed by atoms with E-state index < -0.39 is 0 Å². The first-order chi connectivity index (χ1) is 5.26. The number of hydrogen-bond acceptors (Lipinski definition) is 1. The van der Waals surface area contributed by atoms with Crippen molar-refractivity contribution in [3.63, 3.8) is 0 Å². The third-order valence-corrected chi connectivity index (χ3v) is 2.40. The summed E-state index contributed by atoms with van der Waals surface area (Å²) in [6, 6.07) is 0.440. The van der Waals surface area contributed by atoms with Crippen LogP contribution < -0.4 is 5.73 Å². The Morgan fingerprint density at radius 1 is 1.00 bits per heavy atom. The molecule has 1 nitrogen and oxygen atoms in total. The van der Waals surface area contributed by atoms with Crippen LogP contribution in [0, 0.1) is 5.92 Å². The lowest BCUT2D eigenvalue weighted by atomic mass is 9.90. The van der Waals surface area contributed by atoms with Gasteiger partial charge in [-0.25, -0.2) is 0 Å². The molecule has 0 unspecified atom stereocenters. The highest BCUT2D eigenvalue weighted by molar-refractivity contribution is 4.70. The minimum Gasteiger partial charge on any atom is -0.327 e.